The van der Waals surface area contributed by atoms with Crippen molar-refractivity contribution in [2.75, 3.05) is 5.32 Å². The highest BCUT2D eigenvalue weighted by atomic mass is 35.5. The first kappa shape index (κ1) is 13.4. The number of rotatable bonds is 3. The lowest BCUT2D eigenvalue weighted by Crippen LogP contribution is -1.89. The van der Waals surface area contributed by atoms with Crippen LogP contribution < -0.4 is 5.32 Å². The number of aromatic nitrogens is 2. The maximum Gasteiger partial charge on any atom is 0.187 e. The predicted molar refractivity (Wildman–Crippen MR) is 85.1 cm³/mol. The minimum Gasteiger partial charge on any atom is -0.330 e. The second-order valence-corrected chi connectivity index (χ2v) is 5.73. The molecule has 0 fully saturated rings. The summed E-state index contributed by atoms with van der Waals surface area (Å²) < 4.78 is 0. The summed E-state index contributed by atoms with van der Waals surface area (Å²) in [5.41, 5.74) is 2.59. The second-order valence-electron chi connectivity index (χ2n) is 4.03. The quantitative estimate of drug-likeness (QED) is 0.715. The van der Waals surface area contributed by atoms with Gasteiger partial charge in [-0.05, 0) is 30.3 Å². The number of pyridine rings is 1. The van der Waals surface area contributed by atoms with Crippen LogP contribution in [-0.4, -0.2) is 9.97 Å². The van der Waals surface area contributed by atoms with E-state index in [0.717, 1.165) is 22.1 Å². The molecule has 0 bridgehead atoms. The molecule has 1 aromatic carbocycles. The average molecular weight is 322 g/mol. The molecule has 0 aliphatic heterocycles. The molecule has 0 radical (unpaired) electrons. The first-order valence-corrected chi connectivity index (χ1v) is 7.44. The van der Waals surface area contributed by atoms with E-state index in [4.69, 9.17) is 23.2 Å². The van der Waals surface area contributed by atoms with Crippen LogP contribution in [0, 0.1) is 0 Å². The zero-order valence-electron chi connectivity index (χ0n) is 10.2. The minimum absolute atomic E-state index is 0.593. The molecule has 0 unspecified atom stereocenters. The fraction of sp³-hybridized carbons (Fsp3) is 0. The van der Waals surface area contributed by atoms with Crippen LogP contribution in [0.4, 0.5) is 10.8 Å². The van der Waals surface area contributed by atoms with Crippen molar-refractivity contribution in [2.24, 2.45) is 0 Å². The Morgan fingerprint density at radius 1 is 1.15 bits per heavy atom. The Kier molecular flexibility index (Phi) is 3.87. The van der Waals surface area contributed by atoms with Crippen LogP contribution in [0.1, 0.15) is 0 Å². The van der Waals surface area contributed by atoms with E-state index in [-0.39, 0.29) is 0 Å². The van der Waals surface area contributed by atoms with Gasteiger partial charge in [0.05, 0.1) is 22.6 Å². The van der Waals surface area contributed by atoms with Gasteiger partial charge < -0.3 is 5.32 Å². The lowest BCUT2D eigenvalue weighted by molar-refractivity contribution is 1.31. The van der Waals surface area contributed by atoms with Crippen LogP contribution >= 0.6 is 34.5 Å². The van der Waals surface area contributed by atoms with Crippen molar-refractivity contribution in [1.29, 1.82) is 0 Å². The fourth-order valence-electron chi connectivity index (χ4n) is 1.71. The summed E-state index contributed by atoms with van der Waals surface area (Å²) in [6.45, 7) is 0. The zero-order chi connectivity index (χ0) is 13.9. The zero-order valence-corrected chi connectivity index (χ0v) is 12.5. The first-order chi connectivity index (χ1) is 9.72. The Morgan fingerprint density at radius 2 is 2.05 bits per heavy atom. The topological polar surface area (TPSA) is 37.8 Å². The lowest BCUT2D eigenvalue weighted by Gasteiger charge is -2.02. The molecule has 0 amide bonds. The maximum absolute atomic E-state index is 6.18. The van der Waals surface area contributed by atoms with E-state index in [0.29, 0.717) is 10.0 Å². The Balaban J connectivity index is 1.87. The van der Waals surface area contributed by atoms with Crippen molar-refractivity contribution >= 4 is 45.4 Å². The van der Waals surface area contributed by atoms with Gasteiger partial charge in [-0.2, -0.15) is 0 Å². The summed E-state index contributed by atoms with van der Waals surface area (Å²) in [5.74, 6) is 0. The highest BCUT2D eigenvalue weighted by molar-refractivity contribution is 7.14. The van der Waals surface area contributed by atoms with Crippen molar-refractivity contribution in [2.45, 2.75) is 0 Å². The number of hydrogen-bond donors (Lipinski definition) is 1. The smallest absolute Gasteiger partial charge is 0.187 e. The molecule has 1 N–H and O–H groups in total. The van der Waals surface area contributed by atoms with Crippen molar-refractivity contribution in [3.63, 3.8) is 0 Å². The number of anilines is 2. The van der Waals surface area contributed by atoms with Crippen molar-refractivity contribution < 1.29 is 0 Å². The molecular weight excluding hydrogens is 313 g/mol. The van der Waals surface area contributed by atoms with E-state index in [1.54, 1.807) is 24.5 Å². The Labute approximate surface area is 130 Å². The van der Waals surface area contributed by atoms with Crippen molar-refractivity contribution in [1.82, 2.24) is 9.97 Å². The molecule has 3 aromatic rings. The molecule has 2 heterocycles. The standard InChI is InChI=1S/C14H9Cl2N3S/c15-9-3-4-11(12(16)6-9)13-8-20-14(19-13)18-10-2-1-5-17-7-10/h1-8H,(H,18,19). The molecule has 0 saturated carbocycles. The second kappa shape index (κ2) is 5.79. The highest BCUT2D eigenvalue weighted by Crippen LogP contribution is 2.33. The van der Waals surface area contributed by atoms with Crippen LogP contribution in [0.5, 0.6) is 0 Å². The number of nitrogens with zero attached hydrogens (tertiary/aromatic N) is 2. The Hall–Kier alpha value is -1.62. The van der Waals surface area contributed by atoms with E-state index in [1.807, 2.05) is 23.6 Å². The largest absolute Gasteiger partial charge is 0.330 e. The van der Waals surface area contributed by atoms with E-state index < -0.39 is 0 Å². The summed E-state index contributed by atoms with van der Waals surface area (Å²) in [6.07, 6.45) is 3.47. The average Bonchev–Trinajstić information content (AvgIpc) is 2.88. The third kappa shape index (κ3) is 2.93. The van der Waals surface area contributed by atoms with Gasteiger partial charge in [0.2, 0.25) is 0 Å². The molecule has 3 rings (SSSR count). The maximum atomic E-state index is 6.18. The SMILES string of the molecule is Clc1ccc(-c2csc(Nc3cccnc3)n2)c(Cl)c1. The molecular formula is C14H9Cl2N3S. The molecule has 6 heteroatoms. The fourth-order valence-corrected chi connectivity index (χ4v) is 2.95. The van der Waals surface area contributed by atoms with Gasteiger partial charge in [-0.25, -0.2) is 4.98 Å². The number of halogens is 2. The number of benzene rings is 1. The predicted octanol–water partition coefficient (Wildman–Crippen LogP) is 5.26. The van der Waals surface area contributed by atoms with Crippen molar-refractivity contribution in [3.8, 4) is 11.3 Å². The summed E-state index contributed by atoms with van der Waals surface area (Å²) >= 11 is 13.6. The van der Waals surface area contributed by atoms with Crippen LogP contribution in [0.2, 0.25) is 10.0 Å². The van der Waals surface area contributed by atoms with E-state index in [2.05, 4.69) is 15.3 Å². The van der Waals surface area contributed by atoms with Gasteiger partial charge in [-0.3, -0.25) is 4.98 Å². The molecule has 0 aliphatic rings. The number of thiazole rings is 1. The van der Waals surface area contributed by atoms with Gasteiger partial charge in [0.15, 0.2) is 5.13 Å². The van der Waals surface area contributed by atoms with E-state index in [1.165, 1.54) is 11.3 Å². The van der Waals surface area contributed by atoms with Gasteiger partial charge in [0, 0.05) is 22.2 Å². The van der Waals surface area contributed by atoms with Crippen LogP contribution in [-0.2, 0) is 0 Å². The summed E-state index contributed by atoms with van der Waals surface area (Å²) in [4.78, 5) is 8.57. The molecule has 100 valence electrons. The molecule has 0 atom stereocenters. The molecule has 0 aliphatic carbocycles. The third-order valence-electron chi connectivity index (χ3n) is 2.62. The summed E-state index contributed by atoms with van der Waals surface area (Å²) in [7, 11) is 0. The van der Waals surface area contributed by atoms with E-state index in [9.17, 15) is 0 Å². The Bertz CT molecular complexity index is 728. The van der Waals surface area contributed by atoms with Crippen LogP contribution in [0.3, 0.4) is 0 Å². The normalized spacial score (nSPS) is 10.5. The van der Waals surface area contributed by atoms with Gasteiger partial charge in [0.25, 0.3) is 0 Å². The Morgan fingerprint density at radius 3 is 2.80 bits per heavy atom. The highest BCUT2D eigenvalue weighted by Gasteiger charge is 2.09. The first-order valence-electron chi connectivity index (χ1n) is 5.80. The van der Waals surface area contributed by atoms with Crippen molar-refractivity contribution in [3.05, 3.63) is 58.2 Å². The molecule has 20 heavy (non-hydrogen) atoms. The van der Waals surface area contributed by atoms with Gasteiger partial charge in [-0.15, -0.1) is 11.3 Å². The lowest BCUT2D eigenvalue weighted by atomic mass is 10.2. The van der Waals surface area contributed by atoms with Gasteiger partial charge >= 0.3 is 0 Å². The van der Waals surface area contributed by atoms with Gasteiger partial charge in [0.1, 0.15) is 0 Å². The third-order valence-corrected chi connectivity index (χ3v) is 3.93. The monoisotopic (exact) mass is 321 g/mol. The number of hydrogen-bond acceptors (Lipinski definition) is 4. The molecule has 2 aromatic heterocycles. The molecule has 3 nitrogen and oxygen atoms in total. The minimum atomic E-state index is 0.593. The summed E-state index contributed by atoms with van der Waals surface area (Å²) in [5, 5.41) is 7.15. The van der Waals surface area contributed by atoms with Gasteiger partial charge in [-0.1, -0.05) is 23.2 Å². The molecule has 0 spiro atoms. The van der Waals surface area contributed by atoms with Crippen LogP contribution in [0.25, 0.3) is 11.3 Å². The van der Waals surface area contributed by atoms with Crippen LogP contribution in [0.15, 0.2) is 48.1 Å². The molecule has 0 saturated heterocycles. The summed E-state index contributed by atoms with van der Waals surface area (Å²) in [6, 6.07) is 9.19. The van der Waals surface area contributed by atoms with E-state index >= 15 is 0 Å². The number of nitrogens with one attached hydrogen (secondary N) is 1.